The highest BCUT2D eigenvalue weighted by molar-refractivity contribution is 5.85. The van der Waals surface area contributed by atoms with E-state index in [0.717, 1.165) is 6.08 Å². The second kappa shape index (κ2) is 8.34. The minimum absolute atomic E-state index is 0.0117. The molecule has 26 heavy (non-hydrogen) atoms. The van der Waals surface area contributed by atoms with Gasteiger partial charge in [-0.15, -0.1) is 0 Å². The second-order valence-corrected chi connectivity index (χ2v) is 5.41. The highest BCUT2D eigenvalue weighted by Gasteiger charge is 2.45. The summed E-state index contributed by atoms with van der Waals surface area (Å²) in [5.74, 6) is -0.897. The van der Waals surface area contributed by atoms with E-state index in [-0.39, 0.29) is 17.2 Å². The SMILES string of the molecule is COc1cc(/C=C/C(=O)O)cc(OC)c1O[C@@H]1O[C@H](O)[C@@H](O)[C@H](O)[C@H]1O. The molecule has 0 bridgehead atoms. The van der Waals surface area contributed by atoms with Crippen molar-refractivity contribution >= 4 is 12.0 Å². The molecule has 0 aromatic heterocycles. The fraction of sp³-hybridized carbons (Fsp3) is 0.438. The lowest BCUT2D eigenvalue weighted by Gasteiger charge is -2.38. The number of aliphatic carboxylic acids is 1. The van der Waals surface area contributed by atoms with Gasteiger partial charge >= 0.3 is 5.97 Å². The van der Waals surface area contributed by atoms with E-state index >= 15 is 0 Å². The molecule has 0 radical (unpaired) electrons. The number of carbonyl (C=O) groups is 1. The molecule has 0 aliphatic carbocycles. The molecule has 5 atom stereocenters. The molecular weight excluding hydrogens is 352 g/mol. The molecule has 2 rings (SSSR count). The lowest BCUT2D eigenvalue weighted by atomic mass is 10.0. The Hall–Kier alpha value is -2.37. The molecule has 0 amide bonds. The molecule has 1 aromatic rings. The van der Waals surface area contributed by atoms with E-state index in [4.69, 9.17) is 24.1 Å². The largest absolute Gasteiger partial charge is 0.493 e. The fourth-order valence-corrected chi connectivity index (χ4v) is 2.32. The van der Waals surface area contributed by atoms with Crippen molar-refractivity contribution in [3.8, 4) is 17.2 Å². The van der Waals surface area contributed by atoms with Crippen molar-refractivity contribution in [2.45, 2.75) is 30.9 Å². The molecule has 144 valence electrons. The van der Waals surface area contributed by atoms with Crippen molar-refractivity contribution in [1.29, 1.82) is 0 Å². The number of carboxylic acid groups (broad SMARTS) is 1. The van der Waals surface area contributed by atoms with Gasteiger partial charge in [-0.05, 0) is 23.8 Å². The number of aliphatic hydroxyl groups excluding tert-OH is 4. The minimum Gasteiger partial charge on any atom is -0.493 e. The van der Waals surface area contributed by atoms with Crippen LogP contribution in [0.4, 0.5) is 0 Å². The third-order valence-electron chi connectivity index (χ3n) is 3.68. The van der Waals surface area contributed by atoms with Gasteiger partial charge < -0.3 is 44.5 Å². The minimum atomic E-state index is -1.77. The highest BCUT2D eigenvalue weighted by atomic mass is 16.7. The highest BCUT2D eigenvalue weighted by Crippen LogP contribution is 2.40. The standard InChI is InChI=1S/C16H20O10/c1-23-8-5-7(3-4-10(17)18)6-9(24-2)14(8)25-16-13(21)11(19)12(20)15(22)26-16/h3-6,11-13,15-16,19-22H,1-2H3,(H,17,18)/b4-3+/t11-,12-,13+,15-,16+/m0/s1. The maximum atomic E-state index is 10.6. The number of carboxylic acids is 1. The van der Waals surface area contributed by atoms with Crippen LogP contribution in [0.5, 0.6) is 17.2 Å². The Labute approximate surface area is 148 Å². The Morgan fingerprint density at radius 3 is 2.12 bits per heavy atom. The van der Waals surface area contributed by atoms with Gasteiger partial charge in [-0.3, -0.25) is 0 Å². The molecule has 1 heterocycles. The van der Waals surface area contributed by atoms with Crippen LogP contribution in [0.1, 0.15) is 5.56 Å². The van der Waals surface area contributed by atoms with E-state index in [2.05, 4.69) is 0 Å². The third kappa shape index (κ3) is 4.23. The fourth-order valence-electron chi connectivity index (χ4n) is 2.32. The molecule has 1 fully saturated rings. The summed E-state index contributed by atoms with van der Waals surface area (Å²) >= 11 is 0. The predicted octanol–water partition coefficient (Wildman–Crippen LogP) is -1.06. The van der Waals surface area contributed by atoms with Crippen molar-refractivity contribution < 1.29 is 49.3 Å². The second-order valence-electron chi connectivity index (χ2n) is 5.41. The van der Waals surface area contributed by atoms with Gasteiger partial charge in [-0.2, -0.15) is 0 Å². The van der Waals surface area contributed by atoms with Crippen LogP contribution in [0.15, 0.2) is 18.2 Å². The maximum absolute atomic E-state index is 10.6. The van der Waals surface area contributed by atoms with E-state index in [0.29, 0.717) is 5.56 Å². The molecule has 10 heteroatoms. The van der Waals surface area contributed by atoms with Gasteiger partial charge in [0.15, 0.2) is 17.8 Å². The quantitative estimate of drug-likeness (QED) is 0.390. The number of benzene rings is 1. The van der Waals surface area contributed by atoms with Crippen LogP contribution in [0.3, 0.4) is 0 Å². The predicted molar refractivity (Wildman–Crippen MR) is 85.7 cm³/mol. The van der Waals surface area contributed by atoms with Crippen LogP contribution in [-0.2, 0) is 9.53 Å². The zero-order valence-electron chi connectivity index (χ0n) is 14.0. The van der Waals surface area contributed by atoms with Crippen molar-refractivity contribution in [2.24, 2.45) is 0 Å². The third-order valence-corrected chi connectivity index (χ3v) is 3.68. The van der Waals surface area contributed by atoms with E-state index in [1.165, 1.54) is 32.4 Å². The van der Waals surface area contributed by atoms with Gasteiger partial charge in [0.25, 0.3) is 0 Å². The van der Waals surface area contributed by atoms with Gasteiger partial charge in [-0.1, -0.05) is 0 Å². The Morgan fingerprint density at radius 1 is 1.04 bits per heavy atom. The summed E-state index contributed by atoms with van der Waals surface area (Å²) in [6, 6.07) is 2.91. The topological polar surface area (TPSA) is 155 Å². The van der Waals surface area contributed by atoms with Crippen LogP contribution < -0.4 is 14.2 Å². The Kier molecular flexibility index (Phi) is 6.40. The zero-order valence-corrected chi connectivity index (χ0v) is 14.0. The number of aliphatic hydroxyl groups is 4. The molecule has 1 aliphatic heterocycles. The maximum Gasteiger partial charge on any atom is 0.328 e. The average Bonchev–Trinajstić information content (AvgIpc) is 2.62. The van der Waals surface area contributed by atoms with Crippen molar-refractivity contribution in [3.05, 3.63) is 23.8 Å². The normalized spacial score (nSPS) is 28.8. The van der Waals surface area contributed by atoms with Gasteiger partial charge in [0.1, 0.15) is 18.3 Å². The van der Waals surface area contributed by atoms with Gasteiger partial charge in [0, 0.05) is 6.08 Å². The first-order chi connectivity index (χ1) is 12.3. The summed E-state index contributed by atoms with van der Waals surface area (Å²) < 4.78 is 20.8. The van der Waals surface area contributed by atoms with Crippen molar-refractivity contribution in [1.82, 2.24) is 0 Å². The average molecular weight is 372 g/mol. The summed E-state index contributed by atoms with van der Waals surface area (Å²) in [4.78, 5) is 10.6. The summed E-state index contributed by atoms with van der Waals surface area (Å²) in [7, 11) is 2.66. The summed E-state index contributed by atoms with van der Waals surface area (Å²) in [6.07, 6.45) is -6.10. The van der Waals surface area contributed by atoms with E-state index in [1.807, 2.05) is 0 Å². The van der Waals surface area contributed by atoms with Crippen LogP contribution in [0.25, 0.3) is 6.08 Å². The number of hydrogen-bond donors (Lipinski definition) is 5. The molecule has 5 N–H and O–H groups in total. The number of rotatable bonds is 6. The first-order valence-corrected chi connectivity index (χ1v) is 7.50. The lowest BCUT2D eigenvalue weighted by molar-refractivity contribution is -0.321. The van der Waals surface area contributed by atoms with Crippen LogP contribution in [-0.4, -0.2) is 76.6 Å². The molecule has 1 aliphatic rings. The molecule has 0 spiro atoms. The summed E-state index contributed by atoms with van der Waals surface area (Å²) in [6.45, 7) is 0. The summed E-state index contributed by atoms with van der Waals surface area (Å²) in [5, 5.41) is 47.5. The number of hydrogen-bond acceptors (Lipinski definition) is 9. The Morgan fingerprint density at radius 2 is 1.62 bits per heavy atom. The van der Waals surface area contributed by atoms with Gasteiger partial charge in [0.2, 0.25) is 12.0 Å². The monoisotopic (exact) mass is 372 g/mol. The zero-order chi connectivity index (χ0) is 19.4. The lowest BCUT2D eigenvalue weighted by Crippen LogP contribution is -2.59. The summed E-state index contributed by atoms with van der Waals surface area (Å²) in [5.41, 5.74) is 0.439. The molecule has 0 unspecified atom stereocenters. The van der Waals surface area contributed by atoms with Crippen molar-refractivity contribution in [2.75, 3.05) is 14.2 Å². The molecule has 1 saturated heterocycles. The van der Waals surface area contributed by atoms with E-state index < -0.39 is 36.9 Å². The number of methoxy groups -OCH3 is 2. The molecule has 0 saturated carbocycles. The molecule has 1 aromatic carbocycles. The Bertz CT molecular complexity index is 648. The van der Waals surface area contributed by atoms with E-state index in [1.54, 1.807) is 0 Å². The van der Waals surface area contributed by atoms with Crippen LogP contribution in [0, 0.1) is 0 Å². The molecular formula is C16H20O10. The smallest absolute Gasteiger partial charge is 0.328 e. The van der Waals surface area contributed by atoms with Gasteiger partial charge in [0.05, 0.1) is 14.2 Å². The number of ether oxygens (including phenoxy) is 4. The van der Waals surface area contributed by atoms with Crippen molar-refractivity contribution in [3.63, 3.8) is 0 Å². The van der Waals surface area contributed by atoms with Crippen LogP contribution >= 0.6 is 0 Å². The first-order valence-electron chi connectivity index (χ1n) is 7.50. The van der Waals surface area contributed by atoms with Crippen LogP contribution in [0.2, 0.25) is 0 Å². The molecule has 10 nitrogen and oxygen atoms in total. The Balaban J connectivity index is 2.34. The van der Waals surface area contributed by atoms with Gasteiger partial charge in [-0.25, -0.2) is 4.79 Å². The first kappa shape index (κ1) is 19.9. The van der Waals surface area contributed by atoms with E-state index in [9.17, 15) is 25.2 Å².